The number of rotatable bonds is 3. The van der Waals surface area contributed by atoms with Gasteiger partial charge in [0.25, 0.3) is 0 Å². The van der Waals surface area contributed by atoms with Gasteiger partial charge in [-0.2, -0.15) is 0 Å². The van der Waals surface area contributed by atoms with E-state index < -0.39 is 0 Å². The highest BCUT2D eigenvalue weighted by Crippen LogP contribution is 2.41. The van der Waals surface area contributed by atoms with Crippen LogP contribution < -0.4 is 4.74 Å². The number of aromatic nitrogens is 1. The smallest absolute Gasteiger partial charge is 0.128 e. The van der Waals surface area contributed by atoms with E-state index in [4.69, 9.17) is 9.72 Å². The van der Waals surface area contributed by atoms with Crippen molar-refractivity contribution >= 4 is 10.8 Å². The van der Waals surface area contributed by atoms with E-state index in [-0.39, 0.29) is 0 Å². The number of fused-ring (bicyclic) bond motifs is 2. The minimum atomic E-state index is 0.893. The van der Waals surface area contributed by atoms with Crippen molar-refractivity contribution in [2.45, 2.75) is 25.7 Å². The summed E-state index contributed by atoms with van der Waals surface area (Å²) >= 11 is 0. The number of pyridine rings is 1. The van der Waals surface area contributed by atoms with E-state index in [0.29, 0.717) is 0 Å². The molecule has 0 bridgehead atoms. The highest BCUT2D eigenvalue weighted by atomic mass is 16.5. The molecule has 0 unspecified atom stereocenters. The van der Waals surface area contributed by atoms with E-state index in [9.17, 15) is 0 Å². The molecule has 0 N–H and O–H groups in total. The summed E-state index contributed by atoms with van der Waals surface area (Å²) in [5.41, 5.74) is 7.24. The van der Waals surface area contributed by atoms with Crippen molar-refractivity contribution in [3.8, 4) is 28.3 Å². The first-order valence-corrected chi connectivity index (χ1v) is 9.99. The fourth-order valence-corrected chi connectivity index (χ4v) is 4.37. The Bertz CT molecular complexity index is 1150. The van der Waals surface area contributed by atoms with E-state index in [1.165, 1.54) is 34.7 Å². The summed E-state index contributed by atoms with van der Waals surface area (Å²) in [6.07, 6.45) is 4.67. The van der Waals surface area contributed by atoms with Crippen LogP contribution in [0, 0.1) is 0 Å². The van der Waals surface area contributed by atoms with Gasteiger partial charge < -0.3 is 4.74 Å². The number of aryl methyl sites for hydroxylation is 1. The Morgan fingerprint density at radius 1 is 0.821 bits per heavy atom. The molecule has 138 valence electrons. The SMILES string of the molecule is COc1ccc2ccccc2c1-c1nc(-c2ccccc2)cc2c1CCCC2. The van der Waals surface area contributed by atoms with Gasteiger partial charge in [0.05, 0.1) is 24.1 Å². The first-order chi connectivity index (χ1) is 13.8. The molecule has 1 heterocycles. The molecule has 0 atom stereocenters. The standard InChI is InChI=1S/C26H23NO/c1-28-24-16-15-18-9-5-7-13-21(18)25(24)26-22-14-8-6-12-20(22)17-23(27-26)19-10-3-2-4-11-19/h2-5,7,9-11,13,15-17H,6,8,12,14H2,1H3. The largest absolute Gasteiger partial charge is 0.496 e. The average molecular weight is 365 g/mol. The van der Waals surface area contributed by atoms with Crippen LogP contribution in [-0.4, -0.2) is 12.1 Å². The molecular formula is C26H23NO. The monoisotopic (exact) mass is 365 g/mol. The molecule has 0 amide bonds. The molecule has 3 aromatic carbocycles. The minimum absolute atomic E-state index is 0.893. The van der Waals surface area contributed by atoms with Gasteiger partial charge in [0, 0.05) is 5.56 Å². The molecule has 1 aromatic heterocycles. The van der Waals surface area contributed by atoms with Crippen LogP contribution in [0.2, 0.25) is 0 Å². The minimum Gasteiger partial charge on any atom is -0.496 e. The van der Waals surface area contributed by atoms with Gasteiger partial charge in [-0.25, -0.2) is 4.98 Å². The Kier molecular flexibility index (Phi) is 4.32. The van der Waals surface area contributed by atoms with Crippen molar-refractivity contribution in [2.24, 2.45) is 0 Å². The van der Waals surface area contributed by atoms with Crippen LogP contribution in [0.3, 0.4) is 0 Å². The van der Waals surface area contributed by atoms with Crippen LogP contribution in [-0.2, 0) is 12.8 Å². The third-order valence-electron chi connectivity index (χ3n) is 5.76. The van der Waals surface area contributed by atoms with Crippen molar-refractivity contribution in [1.29, 1.82) is 0 Å². The zero-order valence-electron chi connectivity index (χ0n) is 16.1. The lowest BCUT2D eigenvalue weighted by atomic mass is 9.86. The second-order valence-electron chi connectivity index (χ2n) is 7.43. The zero-order valence-corrected chi connectivity index (χ0v) is 16.1. The molecule has 2 heteroatoms. The molecule has 2 nitrogen and oxygen atoms in total. The van der Waals surface area contributed by atoms with Gasteiger partial charge >= 0.3 is 0 Å². The van der Waals surface area contributed by atoms with Crippen molar-refractivity contribution in [1.82, 2.24) is 4.98 Å². The first-order valence-electron chi connectivity index (χ1n) is 9.99. The van der Waals surface area contributed by atoms with Gasteiger partial charge in [-0.05, 0) is 59.7 Å². The van der Waals surface area contributed by atoms with E-state index >= 15 is 0 Å². The average Bonchev–Trinajstić information content (AvgIpc) is 2.78. The van der Waals surface area contributed by atoms with E-state index in [0.717, 1.165) is 41.1 Å². The Balaban J connectivity index is 1.84. The molecule has 4 aromatic rings. The number of benzene rings is 3. The summed E-state index contributed by atoms with van der Waals surface area (Å²) in [7, 11) is 1.75. The molecule has 0 radical (unpaired) electrons. The second-order valence-corrected chi connectivity index (χ2v) is 7.43. The summed E-state index contributed by atoms with van der Waals surface area (Å²) in [6, 6.07) is 25.5. The predicted molar refractivity (Wildman–Crippen MR) is 116 cm³/mol. The molecule has 0 aliphatic heterocycles. The number of ether oxygens (including phenoxy) is 1. The van der Waals surface area contributed by atoms with E-state index in [1.807, 2.05) is 0 Å². The Morgan fingerprint density at radius 2 is 1.61 bits per heavy atom. The summed E-state index contributed by atoms with van der Waals surface area (Å²) in [5, 5.41) is 2.42. The summed E-state index contributed by atoms with van der Waals surface area (Å²) < 4.78 is 5.80. The maximum absolute atomic E-state index is 5.80. The van der Waals surface area contributed by atoms with Gasteiger partial charge in [-0.15, -0.1) is 0 Å². The molecule has 0 spiro atoms. The number of hydrogen-bond donors (Lipinski definition) is 0. The molecule has 28 heavy (non-hydrogen) atoms. The maximum Gasteiger partial charge on any atom is 0.128 e. The molecule has 0 saturated heterocycles. The maximum atomic E-state index is 5.80. The van der Waals surface area contributed by atoms with Gasteiger partial charge in [0.15, 0.2) is 0 Å². The lowest BCUT2D eigenvalue weighted by Gasteiger charge is -2.22. The molecule has 5 rings (SSSR count). The summed E-state index contributed by atoms with van der Waals surface area (Å²) in [5.74, 6) is 0.893. The van der Waals surface area contributed by atoms with Gasteiger partial charge in [-0.3, -0.25) is 0 Å². The highest BCUT2D eigenvalue weighted by molar-refractivity contribution is 6.00. The Morgan fingerprint density at radius 3 is 2.46 bits per heavy atom. The topological polar surface area (TPSA) is 22.1 Å². The van der Waals surface area contributed by atoms with E-state index in [1.54, 1.807) is 7.11 Å². The van der Waals surface area contributed by atoms with Crippen molar-refractivity contribution in [3.05, 3.63) is 83.9 Å². The van der Waals surface area contributed by atoms with Crippen LogP contribution in [0.5, 0.6) is 5.75 Å². The predicted octanol–water partition coefficient (Wildman–Crippen LogP) is 6.46. The van der Waals surface area contributed by atoms with Crippen LogP contribution >= 0.6 is 0 Å². The van der Waals surface area contributed by atoms with Gasteiger partial charge in [-0.1, -0.05) is 60.7 Å². The zero-order chi connectivity index (χ0) is 18.9. The lowest BCUT2D eigenvalue weighted by Crippen LogP contribution is -2.08. The van der Waals surface area contributed by atoms with Gasteiger partial charge in [0.1, 0.15) is 5.75 Å². The molecular weight excluding hydrogens is 342 g/mol. The van der Waals surface area contributed by atoms with Crippen LogP contribution in [0.25, 0.3) is 33.3 Å². The fourth-order valence-electron chi connectivity index (χ4n) is 4.37. The highest BCUT2D eigenvalue weighted by Gasteiger charge is 2.22. The Hall–Kier alpha value is -3.13. The van der Waals surface area contributed by atoms with Crippen LogP contribution in [0.15, 0.2) is 72.8 Å². The molecule has 1 aliphatic carbocycles. The summed E-state index contributed by atoms with van der Waals surface area (Å²) in [4.78, 5) is 5.21. The quantitative estimate of drug-likeness (QED) is 0.416. The number of nitrogens with zero attached hydrogens (tertiary/aromatic N) is 1. The first kappa shape index (κ1) is 17.0. The van der Waals surface area contributed by atoms with Crippen molar-refractivity contribution in [2.75, 3.05) is 7.11 Å². The fraction of sp³-hybridized carbons (Fsp3) is 0.192. The lowest BCUT2D eigenvalue weighted by molar-refractivity contribution is 0.417. The normalized spacial score (nSPS) is 13.3. The Labute approximate surface area is 165 Å². The van der Waals surface area contributed by atoms with Crippen molar-refractivity contribution in [3.63, 3.8) is 0 Å². The van der Waals surface area contributed by atoms with Crippen LogP contribution in [0.1, 0.15) is 24.0 Å². The van der Waals surface area contributed by atoms with Gasteiger partial charge in [0.2, 0.25) is 0 Å². The second kappa shape index (κ2) is 7.12. The number of hydrogen-bond acceptors (Lipinski definition) is 2. The molecule has 0 fully saturated rings. The summed E-state index contributed by atoms with van der Waals surface area (Å²) in [6.45, 7) is 0. The van der Waals surface area contributed by atoms with Crippen molar-refractivity contribution < 1.29 is 4.74 Å². The number of methoxy groups -OCH3 is 1. The third kappa shape index (κ3) is 2.86. The molecule has 0 saturated carbocycles. The molecule has 1 aliphatic rings. The van der Waals surface area contributed by atoms with Crippen LogP contribution in [0.4, 0.5) is 0 Å². The van der Waals surface area contributed by atoms with E-state index in [2.05, 4.69) is 72.8 Å². The third-order valence-corrected chi connectivity index (χ3v) is 5.76.